The second kappa shape index (κ2) is 8.24. The number of carbonyl (C=O) groups excluding carboxylic acids is 1. The first-order valence-corrected chi connectivity index (χ1v) is 7.74. The number of hydrazone groups is 1. The molecule has 1 N–H and O–H groups in total. The summed E-state index contributed by atoms with van der Waals surface area (Å²) in [5.74, 6) is 1.43. The lowest BCUT2D eigenvalue weighted by molar-refractivity contribution is -0.110. The van der Waals surface area contributed by atoms with Crippen LogP contribution >= 0.6 is 11.8 Å². The first kappa shape index (κ1) is 16.9. The quantitative estimate of drug-likeness (QED) is 0.378. The zero-order valence-corrected chi connectivity index (χ0v) is 14.0. The fraction of sp³-hybridized carbons (Fsp3) is 0.176. The number of methoxy groups -OCH3 is 2. The fourth-order valence-corrected chi connectivity index (χ4v) is 2.44. The standard InChI is InChI=1S/C17H18N2O3S/c1-12(20)17(23-16-10-8-15(22-3)9-11-16)19-18-13-4-6-14(21-2)7-5-13/h4-11,18H,1-3H3/b19-17+. The van der Waals surface area contributed by atoms with Gasteiger partial charge in [0.15, 0.2) is 10.8 Å². The molecule has 0 amide bonds. The highest BCUT2D eigenvalue weighted by Gasteiger charge is 2.09. The van der Waals surface area contributed by atoms with Crippen molar-refractivity contribution in [2.75, 3.05) is 19.6 Å². The van der Waals surface area contributed by atoms with E-state index in [9.17, 15) is 4.79 Å². The summed E-state index contributed by atoms with van der Waals surface area (Å²) in [6.07, 6.45) is 0. The largest absolute Gasteiger partial charge is 0.497 e. The Morgan fingerprint density at radius 2 is 1.48 bits per heavy atom. The molecular weight excluding hydrogens is 312 g/mol. The SMILES string of the molecule is COc1ccc(N/N=C(/Sc2ccc(OC)cc2)C(C)=O)cc1. The maximum Gasteiger partial charge on any atom is 0.186 e. The Kier molecular flexibility index (Phi) is 6.05. The van der Waals surface area contributed by atoms with Crippen LogP contribution in [0.2, 0.25) is 0 Å². The summed E-state index contributed by atoms with van der Waals surface area (Å²) >= 11 is 1.30. The van der Waals surface area contributed by atoms with Gasteiger partial charge in [0.2, 0.25) is 0 Å². The highest BCUT2D eigenvalue weighted by atomic mass is 32.2. The monoisotopic (exact) mass is 330 g/mol. The smallest absolute Gasteiger partial charge is 0.186 e. The Bertz CT molecular complexity index is 682. The van der Waals surface area contributed by atoms with Crippen LogP contribution in [0.15, 0.2) is 58.5 Å². The summed E-state index contributed by atoms with van der Waals surface area (Å²) in [6.45, 7) is 1.49. The zero-order valence-electron chi connectivity index (χ0n) is 13.2. The van der Waals surface area contributed by atoms with Crippen molar-refractivity contribution in [3.63, 3.8) is 0 Å². The number of ketones is 1. The van der Waals surface area contributed by atoms with Crippen molar-refractivity contribution in [1.82, 2.24) is 0 Å². The Balaban J connectivity index is 2.08. The lowest BCUT2D eigenvalue weighted by atomic mass is 10.3. The van der Waals surface area contributed by atoms with E-state index in [-0.39, 0.29) is 5.78 Å². The number of anilines is 1. The summed E-state index contributed by atoms with van der Waals surface area (Å²) in [7, 11) is 3.23. The van der Waals surface area contributed by atoms with E-state index in [0.717, 1.165) is 22.1 Å². The maximum atomic E-state index is 11.8. The third-order valence-electron chi connectivity index (χ3n) is 2.95. The summed E-state index contributed by atoms with van der Waals surface area (Å²) < 4.78 is 10.2. The molecule has 120 valence electrons. The molecule has 2 aromatic carbocycles. The average Bonchev–Trinajstić information content (AvgIpc) is 2.59. The summed E-state index contributed by atoms with van der Waals surface area (Å²) in [4.78, 5) is 12.7. The van der Waals surface area contributed by atoms with Crippen LogP contribution in [0.5, 0.6) is 11.5 Å². The van der Waals surface area contributed by atoms with Gasteiger partial charge in [-0.2, -0.15) is 5.10 Å². The number of rotatable bonds is 6. The van der Waals surface area contributed by atoms with Gasteiger partial charge in [-0.05, 0) is 48.5 Å². The Morgan fingerprint density at radius 3 is 1.96 bits per heavy atom. The van der Waals surface area contributed by atoms with Crippen molar-refractivity contribution in [2.45, 2.75) is 11.8 Å². The van der Waals surface area contributed by atoms with Gasteiger partial charge in [0.1, 0.15) is 11.5 Å². The molecule has 0 aromatic heterocycles. The minimum Gasteiger partial charge on any atom is -0.497 e. The molecule has 0 aliphatic rings. The van der Waals surface area contributed by atoms with Gasteiger partial charge in [0.25, 0.3) is 0 Å². The van der Waals surface area contributed by atoms with E-state index in [0.29, 0.717) is 5.04 Å². The molecule has 0 aliphatic heterocycles. The zero-order chi connectivity index (χ0) is 16.7. The third kappa shape index (κ3) is 5.03. The van der Waals surface area contributed by atoms with Crippen molar-refractivity contribution in [3.05, 3.63) is 48.5 Å². The molecule has 0 spiro atoms. The number of ether oxygens (including phenoxy) is 2. The van der Waals surface area contributed by atoms with Crippen molar-refractivity contribution in [2.24, 2.45) is 5.10 Å². The predicted molar refractivity (Wildman–Crippen MR) is 93.6 cm³/mol. The molecule has 2 rings (SSSR count). The molecule has 0 radical (unpaired) electrons. The Hall–Kier alpha value is -2.47. The van der Waals surface area contributed by atoms with Crippen LogP contribution in [0.3, 0.4) is 0 Å². The van der Waals surface area contributed by atoms with Crippen molar-refractivity contribution >= 4 is 28.3 Å². The number of carbonyl (C=O) groups is 1. The van der Waals surface area contributed by atoms with Crippen molar-refractivity contribution in [3.8, 4) is 11.5 Å². The normalized spacial score (nSPS) is 11.0. The maximum absolute atomic E-state index is 11.8. The predicted octanol–water partition coefficient (Wildman–Crippen LogP) is 3.81. The number of benzene rings is 2. The molecule has 2 aromatic rings. The molecule has 0 bridgehead atoms. The van der Waals surface area contributed by atoms with E-state index < -0.39 is 0 Å². The molecule has 6 heteroatoms. The van der Waals surface area contributed by atoms with E-state index in [1.165, 1.54) is 18.7 Å². The van der Waals surface area contributed by atoms with Gasteiger partial charge in [0.05, 0.1) is 19.9 Å². The number of hydrogen-bond donors (Lipinski definition) is 1. The van der Waals surface area contributed by atoms with Gasteiger partial charge in [-0.3, -0.25) is 10.2 Å². The van der Waals surface area contributed by atoms with E-state index in [4.69, 9.17) is 9.47 Å². The van der Waals surface area contributed by atoms with Gasteiger partial charge in [-0.15, -0.1) is 0 Å². The number of nitrogens with one attached hydrogen (secondary N) is 1. The molecule has 5 nitrogen and oxygen atoms in total. The third-order valence-corrected chi connectivity index (χ3v) is 4.03. The lowest BCUT2D eigenvalue weighted by Crippen LogP contribution is -2.08. The molecule has 0 fully saturated rings. The van der Waals surface area contributed by atoms with Gasteiger partial charge >= 0.3 is 0 Å². The second-order valence-corrected chi connectivity index (χ2v) is 5.65. The summed E-state index contributed by atoms with van der Waals surface area (Å²) in [5, 5.41) is 4.58. The first-order valence-electron chi connectivity index (χ1n) is 6.93. The number of thioether (sulfide) groups is 1. The average molecular weight is 330 g/mol. The molecule has 0 atom stereocenters. The van der Waals surface area contributed by atoms with E-state index >= 15 is 0 Å². The Morgan fingerprint density at radius 1 is 0.957 bits per heavy atom. The number of hydrogen-bond acceptors (Lipinski definition) is 6. The molecule has 0 heterocycles. The van der Waals surface area contributed by atoms with Crippen LogP contribution in [-0.2, 0) is 4.79 Å². The van der Waals surface area contributed by atoms with E-state index in [2.05, 4.69) is 10.5 Å². The van der Waals surface area contributed by atoms with E-state index in [1.54, 1.807) is 14.2 Å². The van der Waals surface area contributed by atoms with Crippen molar-refractivity contribution < 1.29 is 14.3 Å². The highest BCUT2D eigenvalue weighted by Crippen LogP contribution is 2.23. The van der Waals surface area contributed by atoms with Crippen molar-refractivity contribution in [1.29, 1.82) is 0 Å². The van der Waals surface area contributed by atoms with E-state index in [1.807, 2.05) is 48.5 Å². The first-order chi connectivity index (χ1) is 11.1. The van der Waals surface area contributed by atoms with Crippen LogP contribution in [0.25, 0.3) is 0 Å². The number of Topliss-reactive ketones (excluding diaryl/α,β-unsaturated/α-hetero) is 1. The van der Waals surface area contributed by atoms with Gasteiger partial charge in [-0.1, -0.05) is 11.8 Å². The molecule has 0 saturated carbocycles. The molecule has 0 unspecified atom stereocenters. The van der Waals surface area contributed by atoms with Gasteiger partial charge in [0, 0.05) is 11.8 Å². The van der Waals surface area contributed by atoms with Crippen LogP contribution in [0, 0.1) is 0 Å². The fourth-order valence-electron chi connectivity index (χ4n) is 1.71. The molecule has 0 aliphatic carbocycles. The second-order valence-electron chi connectivity index (χ2n) is 4.59. The van der Waals surface area contributed by atoms with Crippen LogP contribution < -0.4 is 14.9 Å². The van der Waals surface area contributed by atoms with Gasteiger partial charge in [-0.25, -0.2) is 0 Å². The van der Waals surface area contributed by atoms with Crippen LogP contribution in [0.1, 0.15) is 6.92 Å². The lowest BCUT2D eigenvalue weighted by Gasteiger charge is -2.06. The Labute approximate surface area is 139 Å². The molecular formula is C17H18N2O3S. The minimum absolute atomic E-state index is 0.105. The topological polar surface area (TPSA) is 59.9 Å². The van der Waals surface area contributed by atoms with Gasteiger partial charge < -0.3 is 9.47 Å². The summed E-state index contributed by atoms with van der Waals surface area (Å²) in [6, 6.07) is 14.8. The number of nitrogens with zero attached hydrogens (tertiary/aromatic N) is 1. The summed E-state index contributed by atoms with van der Waals surface area (Å²) in [5.41, 5.74) is 3.66. The molecule has 0 saturated heterocycles. The minimum atomic E-state index is -0.105. The van der Waals surface area contributed by atoms with Crippen LogP contribution in [-0.4, -0.2) is 25.0 Å². The van der Waals surface area contributed by atoms with Crippen LogP contribution in [0.4, 0.5) is 5.69 Å². The highest BCUT2D eigenvalue weighted by molar-refractivity contribution is 8.15. The molecule has 23 heavy (non-hydrogen) atoms.